The van der Waals surface area contributed by atoms with Crippen molar-refractivity contribution >= 4 is 11.8 Å². The van der Waals surface area contributed by atoms with E-state index in [1.807, 2.05) is 11.8 Å². The highest BCUT2D eigenvalue weighted by atomic mass is 16.2. The Kier molecular flexibility index (Phi) is 5.74. The number of carbonyl (C=O) groups excluding carboxylic acids is 2. The van der Waals surface area contributed by atoms with Crippen LogP contribution in [0.1, 0.15) is 44.1 Å². The zero-order valence-electron chi connectivity index (χ0n) is 15.1. The van der Waals surface area contributed by atoms with Gasteiger partial charge in [0.1, 0.15) is 0 Å². The fourth-order valence-corrected chi connectivity index (χ4v) is 4.18. The van der Waals surface area contributed by atoms with E-state index in [0.29, 0.717) is 12.5 Å². The molecule has 2 aliphatic heterocycles. The molecule has 136 valence electrons. The number of amides is 2. The number of nitrogens with two attached hydrogens (primary N) is 1. The molecule has 5 nitrogen and oxygen atoms in total. The summed E-state index contributed by atoms with van der Waals surface area (Å²) < 4.78 is 0. The summed E-state index contributed by atoms with van der Waals surface area (Å²) in [6, 6.07) is 10.5. The molecule has 2 aliphatic rings. The van der Waals surface area contributed by atoms with Gasteiger partial charge < -0.3 is 10.6 Å². The van der Waals surface area contributed by atoms with E-state index in [9.17, 15) is 9.59 Å². The van der Waals surface area contributed by atoms with Crippen molar-refractivity contribution in [2.75, 3.05) is 26.2 Å². The van der Waals surface area contributed by atoms with Gasteiger partial charge >= 0.3 is 0 Å². The number of primary amides is 1. The quantitative estimate of drug-likeness (QED) is 0.909. The molecule has 0 bridgehead atoms. The zero-order chi connectivity index (χ0) is 17.8. The third-order valence-electron chi connectivity index (χ3n) is 5.84. The molecule has 0 saturated carbocycles. The average molecular weight is 343 g/mol. The van der Waals surface area contributed by atoms with E-state index in [-0.39, 0.29) is 23.8 Å². The summed E-state index contributed by atoms with van der Waals surface area (Å²) in [7, 11) is 0. The lowest BCUT2D eigenvalue weighted by Crippen LogP contribution is -2.53. The molecule has 1 aromatic rings. The maximum Gasteiger partial charge on any atom is 0.239 e. The lowest BCUT2D eigenvalue weighted by atomic mass is 9.89. The molecule has 2 heterocycles. The van der Waals surface area contributed by atoms with E-state index in [1.54, 1.807) is 0 Å². The van der Waals surface area contributed by atoms with Crippen LogP contribution in [0.25, 0.3) is 0 Å². The lowest BCUT2D eigenvalue weighted by Gasteiger charge is -2.39. The van der Waals surface area contributed by atoms with Crippen LogP contribution < -0.4 is 5.73 Å². The second-order valence-electron chi connectivity index (χ2n) is 7.42. The van der Waals surface area contributed by atoms with Gasteiger partial charge in [-0.1, -0.05) is 30.3 Å². The highest BCUT2D eigenvalue weighted by Crippen LogP contribution is 2.29. The lowest BCUT2D eigenvalue weighted by molar-refractivity contribution is -0.140. The maximum atomic E-state index is 12.8. The van der Waals surface area contributed by atoms with Gasteiger partial charge in [0.2, 0.25) is 11.8 Å². The van der Waals surface area contributed by atoms with Crippen LogP contribution in [-0.4, -0.2) is 53.8 Å². The minimum absolute atomic E-state index is 0.122. The topological polar surface area (TPSA) is 66.6 Å². The summed E-state index contributed by atoms with van der Waals surface area (Å²) >= 11 is 0. The number of piperidine rings is 2. The minimum Gasteiger partial charge on any atom is -0.369 e. The van der Waals surface area contributed by atoms with Crippen LogP contribution >= 0.6 is 0 Å². The van der Waals surface area contributed by atoms with Gasteiger partial charge in [0, 0.05) is 13.1 Å². The number of benzene rings is 1. The van der Waals surface area contributed by atoms with Crippen molar-refractivity contribution in [3.05, 3.63) is 35.9 Å². The van der Waals surface area contributed by atoms with Gasteiger partial charge in [-0.25, -0.2) is 0 Å². The summed E-state index contributed by atoms with van der Waals surface area (Å²) in [5.74, 6) is 0.264. The molecule has 0 radical (unpaired) electrons. The van der Waals surface area contributed by atoms with E-state index < -0.39 is 0 Å². The first kappa shape index (κ1) is 17.9. The summed E-state index contributed by atoms with van der Waals surface area (Å²) in [5, 5.41) is 0. The summed E-state index contributed by atoms with van der Waals surface area (Å²) in [5.41, 5.74) is 6.84. The standard InChI is InChI=1S/C20H29N3O2/c1-15(20(25)23-11-5-8-18(14-23)19(21)24)22-12-9-17(10-13-22)16-6-3-2-4-7-16/h2-4,6-7,15,17-18H,5,8-14H2,1H3,(H2,21,24)/t15-,18+/m1/s1. The molecule has 0 aliphatic carbocycles. The van der Waals surface area contributed by atoms with Crippen molar-refractivity contribution in [3.63, 3.8) is 0 Å². The van der Waals surface area contributed by atoms with Crippen molar-refractivity contribution in [2.24, 2.45) is 11.7 Å². The molecule has 2 atom stereocenters. The molecule has 25 heavy (non-hydrogen) atoms. The first-order chi connectivity index (χ1) is 12.1. The van der Waals surface area contributed by atoms with Crippen molar-refractivity contribution in [3.8, 4) is 0 Å². The second-order valence-corrected chi connectivity index (χ2v) is 7.42. The van der Waals surface area contributed by atoms with E-state index in [1.165, 1.54) is 5.56 Å². The molecule has 5 heteroatoms. The van der Waals surface area contributed by atoms with Crippen LogP contribution in [0.2, 0.25) is 0 Å². The Morgan fingerprint density at radius 2 is 1.76 bits per heavy atom. The molecule has 2 amide bonds. The van der Waals surface area contributed by atoms with E-state index in [2.05, 4.69) is 35.2 Å². The predicted molar refractivity (Wildman–Crippen MR) is 98.0 cm³/mol. The molecule has 2 fully saturated rings. The van der Waals surface area contributed by atoms with Gasteiger partial charge in [-0.3, -0.25) is 14.5 Å². The summed E-state index contributed by atoms with van der Waals surface area (Å²) in [4.78, 5) is 28.4. The molecule has 3 rings (SSSR count). The average Bonchev–Trinajstić information content (AvgIpc) is 2.67. The molecule has 1 aromatic carbocycles. The molecular weight excluding hydrogens is 314 g/mol. The minimum atomic E-state index is -0.283. The zero-order valence-corrected chi connectivity index (χ0v) is 15.1. The molecular formula is C20H29N3O2. The van der Waals surface area contributed by atoms with Crippen molar-refractivity contribution < 1.29 is 9.59 Å². The Morgan fingerprint density at radius 3 is 2.40 bits per heavy atom. The Balaban J connectivity index is 1.54. The largest absolute Gasteiger partial charge is 0.369 e. The smallest absolute Gasteiger partial charge is 0.239 e. The number of hydrogen-bond donors (Lipinski definition) is 1. The number of likely N-dealkylation sites (tertiary alicyclic amines) is 2. The third-order valence-corrected chi connectivity index (χ3v) is 5.84. The second kappa shape index (κ2) is 8.00. The Hall–Kier alpha value is -1.88. The van der Waals surface area contributed by atoms with E-state index in [0.717, 1.165) is 45.3 Å². The van der Waals surface area contributed by atoms with Crippen LogP contribution in [0.3, 0.4) is 0 Å². The highest BCUT2D eigenvalue weighted by Gasteiger charge is 2.33. The van der Waals surface area contributed by atoms with Gasteiger partial charge in [0.15, 0.2) is 0 Å². The SMILES string of the molecule is C[C@H](C(=O)N1CCC[C@H](C(N)=O)C1)N1CCC(c2ccccc2)CC1. The fraction of sp³-hybridized carbons (Fsp3) is 0.600. The normalized spacial score (nSPS) is 24.0. The van der Waals surface area contributed by atoms with Crippen LogP contribution in [-0.2, 0) is 9.59 Å². The van der Waals surface area contributed by atoms with Crippen molar-refractivity contribution in [1.29, 1.82) is 0 Å². The van der Waals surface area contributed by atoms with Gasteiger partial charge in [0.05, 0.1) is 12.0 Å². The first-order valence-corrected chi connectivity index (χ1v) is 9.43. The first-order valence-electron chi connectivity index (χ1n) is 9.43. The number of nitrogens with zero attached hydrogens (tertiary/aromatic N) is 2. The van der Waals surface area contributed by atoms with Gasteiger partial charge in [0.25, 0.3) is 0 Å². The summed E-state index contributed by atoms with van der Waals surface area (Å²) in [6.07, 6.45) is 3.84. The fourth-order valence-electron chi connectivity index (χ4n) is 4.18. The Bertz CT molecular complexity index is 596. The third kappa shape index (κ3) is 4.21. The highest BCUT2D eigenvalue weighted by molar-refractivity contribution is 5.83. The summed E-state index contributed by atoms with van der Waals surface area (Å²) in [6.45, 7) is 5.12. The monoisotopic (exact) mass is 343 g/mol. The number of hydrogen-bond acceptors (Lipinski definition) is 3. The van der Waals surface area contributed by atoms with Crippen molar-refractivity contribution in [2.45, 2.75) is 44.6 Å². The maximum absolute atomic E-state index is 12.8. The van der Waals surface area contributed by atoms with Gasteiger partial charge in [-0.2, -0.15) is 0 Å². The molecule has 0 spiro atoms. The van der Waals surface area contributed by atoms with Crippen LogP contribution in [0.4, 0.5) is 0 Å². The molecule has 0 aromatic heterocycles. The van der Waals surface area contributed by atoms with Crippen LogP contribution in [0.5, 0.6) is 0 Å². The van der Waals surface area contributed by atoms with Crippen LogP contribution in [0, 0.1) is 5.92 Å². The predicted octanol–water partition coefficient (Wildman–Crippen LogP) is 1.98. The van der Waals surface area contributed by atoms with Crippen molar-refractivity contribution in [1.82, 2.24) is 9.80 Å². The number of rotatable bonds is 4. The molecule has 0 unspecified atom stereocenters. The van der Waals surface area contributed by atoms with E-state index in [4.69, 9.17) is 5.73 Å². The Morgan fingerprint density at radius 1 is 1.08 bits per heavy atom. The van der Waals surface area contributed by atoms with Crippen LogP contribution in [0.15, 0.2) is 30.3 Å². The van der Waals surface area contributed by atoms with Gasteiger partial charge in [-0.05, 0) is 57.2 Å². The molecule has 2 saturated heterocycles. The van der Waals surface area contributed by atoms with Gasteiger partial charge in [-0.15, -0.1) is 0 Å². The van der Waals surface area contributed by atoms with E-state index >= 15 is 0 Å². The molecule has 2 N–H and O–H groups in total. The Labute approximate surface area is 150 Å². The number of carbonyl (C=O) groups is 2.